The van der Waals surface area contributed by atoms with Gasteiger partial charge in [-0.25, -0.2) is 0 Å². The zero-order chi connectivity index (χ0) is 13.8. The van der Waals surface area contributed by atoms with Crippen LogP contribution in [0.25, 0.3) is 0 Å². The lowest BCUT2D eigenvalue weighted by atomic mass is 9.93. The van der Waals surface area contributed by atoms with E-state index in [1.165, 1.54) is 16.8 Å². The predicted octanol–water partition coefficient (Wildman–Crippen LogP) is 2.58. The van der Waals surface area contributed by atoms with E-state index in [2.05, 4.69) is 47.7 Å². The summed E-state index contributed by atoms with van der Waals surface area (Å²) in [5.41, 5.74) is 5.07. The minimum atomic E-state index is 0.486. The maximum absolute atomic E-state index is 4.43. The molecule has 1 aromatic carbocycles. The van der Waals surface area contributed by atoms with E-state index in [1.807, 2.05) is 25.7 Å². The summed E-state index contributed by atoms with van der Waals surface area (Å²) in [6, 6.07) is 11.0. The number of nitrogens with zero attached hydrogens (tertiary/aromatic N) is 2. The van der Waals surface area contributed by atoms with Crippen LogP contribution in [-0.4, -0.2) is 23.4 Å². The summed E-state index contributed by atoms with van der Waals surface area (Å²) in [7, 11) is 4.03. The molecule has 19 heavy (non-hydrogen) atoms. The van der Waals surface area contributed by atoms with Crippen molar-refractivity contribution >= 4 is 0 Å². The second kappa shape index (κ2) is 6.02. The van der Waals surface area contributed by atoms with Gasteiger partial charge in [-0.2, -0.15) is 5.10 Å². The van der Waals surface area contributed by atoms with Gasteiger partial charge < -0.3 is 5.32 Å². The fourth-order valence-corrected chi connectivity index (χ4v) is 2.50. The van der Waals surface area contributed by atoms with Crippen molar-refractivity contribution in [2.45, 2.75) is 26.2 Å². The molecule has 1 aromatic heterocycles. The second-order valence-corrected chi connectivity index (χ2v) is 5.27. The summed E-state index contributed by atoms with van der Waals surface area (Å²) < 4.78 is 1.99. The summed E-state index contributed by atoms with van der Waals surface area (Å²) >= 11 is 0. The first-order valence-electron chi connectivity index (χ1n) is 6.81. The number of likely N-dealkylation sites (N-methyl/N-ethyl adjacent to an activating group) is 1. The van der Waals surface area contributed by atoms with Crippen LogP contribution in [0, 0.1) is 13.8 Å². The normalized spacial score (nSPS) is 12.6. The Morgan fingerprint density at radius 1 is 1.21 bits per heavy atom. The van der Waals surface area contributed by atoms with Crippen molar-refractivity contribution in [3.05, 3.63) is 52.8 Å². The number of aromatic nitrogens is 2. The van der Waals surface area contributed by atoms with Crippen LogP contribution in [0.1, 0.15) is 28.4 Å². The lowest BCUT2D eigenvalue weighted by Crippen LogP contribution is -2.20. The van der Waals surface area contributed by atoms with Crippen LogP contribution >= 0.6 is 0 Å². The molecule has 3 heteroatoms. The Bertz CT molecular complexity index is 525. The highest BCUT2D eigenvalue weighted by Gasteiger charge is 2.14. The fourth-order valence-electron chi connectivity index (χ4n) is 2.50. The zero-order valence-electron chi connectivity index (χ0n) is 12.3. The van der Waals surface area contributed by atoms with Crippen LogP contribution in [-0.2, 0) is 13.5 Å². The van der Waals surface area contributed by atoms with Crippen molar-refractivity contribution < 1.29 is 0 Å². The summed E-state index contributed by atoms with van der Waals surface area (Å²) in [6.45, 7) is 5.15. The maximum atomic E-state index is 4.43. The predicted molar refractivity (Wildman–Crippen MR) is 79.5 cm³/mol. The lowest BCUT2D eigenvalue weighted by molar-refractivity contribution is 0.591. The third kappa shape index (κ3) is 3.44. The molecule has 2 rings (SSSR count). The van der Waals surface area contributed by atoms with E-state index in [1.54, 1.807) is 0 Å². The fraction of sp³-hybridized carbons (Fsp3) is 0.438. The summed E-state index contributed by atoms with van der Waals surface area (Å²) in [5.74, 6) is 0.486. The molecular weight excluding hydrogens is 234 g/mol. The average molecular weight is 257 g/mol. The van der Waals surface area contributed by atoms with Gasteiger partial charge in [0.1, 0.15) is 0 Å². The molecule has 0 amide bonds. The van der Waals surface area contributed by atoms with Gasteiger partial charge >= 0.3 is 0 Å². The largest absolute Gasteiger partial charge is 0.319 e. The Morgan fingerprint density at radius 3 is 2.42 bits per heavy atom. The molecule has 0 spiro atoms. The smallest absolute Gasteiger partial charge is 0.0596 e. The molecule has 2 aromatic rings. The van der Waals surface area contributed by atoms with Gasteiger partial charge in [0.2, 0.25) is 0 Å². The number of hydrogen-bond donors (Lipinski definition) is 1. The molecule has 0 aliphatic heterocycles. The molecule has 1 N–H and O–H groups in total. The van der Waals surface area contributed by atoms with Crippen molar-refractivity contribution in [3.63, 3.8) is 0 Å². The van der Waals surface area contributed by atoms with E-state index in [9.17, 15) is 0 Å². The van der Waals surface area contributed by atoms with E-state index >= 15 is 0 Å². The maximum Gasteiger partial charge on any atom is 0.0596 e. The minimum Gasteiger partial charge on any atom is -0.319 e. The van der Waals surface area contributed by atoms with Crippen LogP contribution in [0.5, 0.6) is 0 Å². The van der Waals surface area contributed by atoms with Crippen LogP contribution in [0.4, 0.5) is 0 Å². The highest BCUT2D eigenvalue weighted by molar-refractivity contribution is 5.26. The van der Waals surface area contributed by atoms with Gasteiger partial charge in [-0.15, -0.1) is 0 Å². The van der Waals surface area contributed by atoms with Gasteiger partial charge in [0, 0.05) is 25.2 Å². The Balaban J connectivity index is 2.20. The molecule has 1 unspecified atom stereocenters. The Labute approximate surface area is 115 Å². The molecule has 0 saturated heterocycles. The third-order valence-electron chi connectivity index (χ3n) is 3.55. The van der Waals surface area contributed by atoms with Crippen molar-refractivity contribution in [2.75, 3.05) is 13.6 Å². The van der Waals surface area contributed by atoms with Crippen molar-refractivity contribution in [1.29, 1.82) is 0 Å². The topological polar surface area (TPSA) is 29.9 Å². The first-order valence-corrected chi connectivity index (χ1v) is 6.81. The molecule has 0 saturated carbocycles. The first kappa shape index (κ1) is 13.8. The van der Waals surface area contributed by atoms with Gasteiger partial charge in [0.05, 0.1) is 5.69 Å². The summed E-state index contributed by atoms with van der Waals surface area (Å²) in [6.07, 6.45) is 1.02. The average Bonchev–Trinajstić information content (AvgIpc) is 2.68. The number of nitrogens with one attached hydrogen (secondary N) is 1. The third-order valence-corrected chi connectivity index (χ3v) is 3.55. The highest BCUT2D eigenvalue weighted by atomic mass is 15.3. The minimum absolute atomic E-state index is 0.486. The van der Waals surface area contributed by atoms with Crippen LogP contribution in [0.3, 0.4) is 0 Å². The summed E-state index contributed by atoms with van der Waals surface area (Å²) in [4.78, 5) is 0. The standard InChI is InChI=1S/C16H23N3/c1-12-5-7-14(8-6-12)15(11-17-3)10-16-9-13(2)18-19(16)4/h5-9,15,17H,10-11H2,1-4H3. The van der Waals surface area contributed by atoms with Crippen LogP contribution < -0.4 is 5.32 Å². The number of aryl methyl sites for hydroxylation is 3. The molecule has 0 radical (unpaired) electrons. The lowest BCUT2D eigenvalue weighted by Gasteiger charge is -2.17. The van der Waals surface area contributed by atoms with E-state index in [-0.39, 0.29) is 0 Å². The molecule has 1 heterocycles. The van der Waals surface area contributed by atoms with Crippen molar-refractivity contribution in [3.8, 4) is 0 Å². The number of benzene rings is 1. The Kier molecular flexibility index (Phi) is 4.38. The van der Waals surface area contributed by atoms with E-state index < -0.39 is 0 Å². The zero-order valence-corrected chi connectivity index (χ0v) is 12.3. The quantitative estimate of drug-likeness (QED) is 0.892. The monoisotopic (exact) mass is 257 g/mol. The van der Waals surface area contributed by atoms with E-state index in [0.717, 1.165) is 18.7 Å². The molecule has 1 atom stereocenters. The van der Waals surface area contributed by atoms with Crippen LogP contribution in [0.15, 0.2) is 30.3 Å². The molecule has 0 aliphatic carbocycles. The SMILES string of the molecule is CNCC(Cc1cc(C)nn1C)c1ccc(C)cc1. The Morgan fingerprint density at radius 2 is 1.89 bits per heavy atom. The van der Waals surface area contributed by atoms with Gasteiger partial charge in [-0.1, -0.05) is 29.8 Å². The van der Waals surface area contributed by atoms with Gasteiger partial charge in [-0.05, 0) is 38.9 Å². The van der Waals surface area contributed by atoms with E-state index in [4.69, 9.17) is 0 Å². The molecule has 0 aliphatic rings. The number of hydrogen-bond acceptors (Lipinski definition) is 2. The van der Waals surface area contributed by atoms with Gasteiger partial charge in [0.25, 0.3) is 0 Å². The van der Waals surface area contributed by atoms with E-state index in [0.29, 0.717) is 5.92 Å². The van der Waals surface area contributed by atoms with Gasteiger partial charge in [-0.3, -0.25) is 4.68 Å². The molecular formula is C16H23N3. The second-order valence-electron chi connectivity index (χ2n) is 5.27. The van der Waals surface area contributed by atoms with Gasteiger partial charge in [0.15, 0.2) is 0 Å². The first-order chi connectivity index (χ1) is 9.10. The molecule has 102 valence electrons. The molecule has 3 nitrogen and oxygen atoms in total. The van der Waals surface area contributed by atoms with Crippen molar-refractivity contribution in [2.24, 2.45) is 7.05 Å². The summed E-state index contributed by atoms with van der Waals surface area (Å²) in [5, 5.41) is 7.73. The molecule has 0 fully saturated rings. The number of rotatable bonds is 5. The highest BCUT2D eigenvalue weighted by Crippen LogP contribution is 2.21. The Hall–Kier alpha value is -1.61. The molecule has 0 bridgehead atoms. The van der Waals surface area contributed by atoms with Crippen molar-refractivity contribution in [1.82, 2.24) is 15.1 Å². The van der Waals surface area contributed by atoms with Crippen LogP contribution in [0.2, 0.25) is 0 Å².